The van der Waals surface area contributed by atoms with E-state index in [1.807, 2.05) is 67.8 Å². The van der Waals surface area contributed by atoms with Crippen molar-refractivity contribution in [3.05, 3.63) is 94.6 Å². The highest BCUT2D eigenvalue weighted by Gasteiger charge is 2.43. The zero-order valence-corrected chi connectivity index (χ0v) is 22.5. The molecule has 1 aromatic heterocycles. The highest BCUT2D eigenvalue weighted by molar-refractivity contribution is 6.05. The maximum Gasteiger partial charge on any atom is 0.337 e. The number of carbonyl (C=O) groups excluding carboxylic acids is 2. The molecule has 1 N–H and O–H groups in total. The number of methoxy groups -OCH3 is 1. The van der Waals surface area contributed by atoms with E-state index >= 15 is 0 Å². The van der Waals surface area contributed by atoms with E-state index in [-0.39, 0.29) is 23.8 Å². The summed E-state index contributed by atoms with van der Waals surface area (Å²) >= 11 is 0. The molecule has 6 nitrogen and oxygen atoms in total. The van der Waals surface area contributed by atoms with E-state index in [0.717, 1.165) is 64.7 Å². The molecule has 2 aliphatic carbocycles. The fourth-order valence-corrected chi connectivity index (χ4v) is 6.61. The van der Waals surface area contributed by atoms with E-state index in [1.54, 1.807) is 7.11 Å². The number of fused-ring (bicyclic) bond motifs is 1. The normalized spacial score (nSPS) is 21.9. The molecule has 1 saturated carbocycles. The molecular formula is C33H34N2O4. The fourth-order valence-electron chi connectivity index (χ4n) is 6.61. The van der Waals surface area contributed by atoms with E-state index in [4.69, 9.17) is 9.47 Å². The van der Waals surface area contributed by atoms with Crippen molar-refractivity contribution in [2.24, 2.45) is 0 Å². The molecular weight excluding hydrogens is 488 g/mol. The second-order valence-corrected chi connectivity index (χ2v) is 10.9. The second kappa shape index (κ2) is 10.7. The molecule has 0 spiro atoms. The van der Waals surface area contributed by atoms with E-state index < -0.39 is 5.92 Å². The molecule has 2 atom stereocenters. The number of Topliss-reactive ketones (excluding diaryl/α,β-unsaturated/α-hetero) is 1. The van der Waals surface area contributed by atoms with Crippen LogP contribution in [-0.4, -0.2) is 30.0 Å². The van der Waals surface area contributed by atoms with Crippen molar-refractivity contribution in [3.8, 4) is 5.75 Å². The van der Waals surface area contributed by atoms with Crippen molar-refractivity contribution < 1.29 is 19.1 Å². The highest BCUT2D eigenvalue weighted by atomic mass is 16.5. The number of rotatable bonds is 5. The minimum Gasteiger partial charge on any atom is -0.496 e. The summed E-state index contributed by atoms with van der Waals surface area (Å²) in [5.41, 5.74) is 4.66. The molecule has 6 rings (SSSR count). The number of ketones is 1. The molecule has 1 aliphatic heterocycles. The van der Waals surface area contributed by atoms with Gasteiger partial charge in [0.25, 0.3) is 0 Å². The second-order valence-electron chi connectivity index (χ2n) is 10.9. The number of aromatic nitrogens is 1. The summed E-state index contributed by atoms with van der Waals surface area (Å²) in [5.74, 6) is -0.0742. The van der Waals surface area contributed by atoms with Gasteiger partial charge in [0.05, 0.1) is 18.6 Å². The predicted octanol–water partition coefficient (Wildman–Crippen LogP) is 6.48. The number of para-hydroxylation sites is 1. The van der Waals surface area contributed by atoms with Crippen LogP contribution < -0.4 is 10.1 Å². The minimum atomic E-state index is -0.540. The summed E-state index contributed by atoms with van der Waals surface area (Å²) in [6.45, 7) is 1.92. The van der Waals surface area contributed by atoms with Gasteiger partial charge < -0.3 is 14.8 Å². The van der Waals surface area contributed by atoms with Crippen molar-refractivity contribution in [1.29, 1.82) is 0 Å². The van der Waals surface area contributed by atoms with Crippen molar-refractivity contribution in [2.45, 2.75) is 69.8 Å². The zero-order chi connectivity index (χ0) is 26.9. The van der Waals surface area contributed by atoms with Gasteiger partial charge in [0.1, 0.15) is 11.9 Å². The molecule has 0 amide bonds. The van der Waals surface area contributed by atoms with Crippen molar-refractivity contribution in [3.63, 3.8) is 0 Å². The number of hydrogen-bond acceptors (Lipinski definition) is 6. The Balaban J connectivity index is 1.45. The Morgan fingerprint density at radius 1 is 0.949 bits per heavy atom. The third kappa shape index (κ3) is 4.73. The van der Waals surface area contributed by atoms with Crippen molar-refractivity contribution in [1.82, 2.24) is 10.3 Å². The van der Waals surface area contributed by atoms with Crippen LogP contribution in [0.2, 0.25) is 0 Å². The van der Waals surface area contributed by atoms with Gasteiger partial charge in [-0.3, -0.25) is 9.78 Å². The Morgan fingerprint density at radius 2 is 1.72 bits per heavy atom. The van der Waals surface area contributed by atoms with Gasteiger partial charge >= 0.3 is 5.97 Å². The van der Waals surface area contributed by atoms with Crippen LogP contribution in [-0.2, 0) is 14.3 Å². The summed E-state index contributed by atoms with van der Waals surface area (Å²) in [4.78, 5) is 32.4. The number of ether oxygens (including phenoxy) is 2. The maximum atomic E-state index is 14.1. The lowest BCUT2D eigenvalue weighted by molar-refractivity contribution is -0.146. The maximum absolute atomic E-state index is 14.1. The monoisotopic (exact) mass is 522 g/mol. The number of nitrogens with one attached hydrogen (secondary N) is 1. The number of nitrogens with zero attached hydrogens (tertiary/aromatic N) is 1. The quantitative estimate of drug-likeness (QED) is 0.387. The standard InChI is InChI=1S/C33H34N2O4/c1-20-30(33(37)39-23-11-4-3-5-12-23)31(26-19-34-18-21-10-6-7-13-24(21)26)32-27(35-20)16-22(17-28(32)36)25-14-8-9-15-29(25)38-2/h6-10,13-15,18-19,22-23,31,35H,3-5,11-12,16-17H2,1-2H3/t22?,31-/m1/s1. The van der Waals surface area contributed by atoms with Crippen LogP contribution in [0.5, 0.6) is 5.75 Å². The molecule has 39 heavy (non-hydrogen) atoms. The van der Waals surface area contributed by atoms with Gasteiger partial charge in [-0.15, -0.1) is 0 Å². The van der Waals surface area contributed by atoms with Crippen LogP contribution in [0.25, 0.3) is 10.8 Å². The number of hydrogen-bond donors (Lipinski definition) is 1. The lowest BCUT2D eigenvalue weighted by atomic mass is 9.71. The summed E-state index contributed by atoms with van der Waals surface area (Å²) in [5, 5.41) is 5.44. The van der Waals surface area contributed by atoms with Crippen LogP contribution in [0.15, 0.2) is 83.5 Å². The average molecular weight is 523 g/mol. The molecule has 2 aromatic carbocycles. The fraction of sp³-hybridized carbons (Fsp3) is 0.364. The smallest absolute Gasteiger partial charge is 0.337 e. The Bertz CT molecular complexity index is 1490. The Kier molecular flexibility index (Phi) is 6.94. The third-order valence-electron chi connectivity index (χ3n) is 8.46. The van der Waals surface area contributed by atoms with Gasteiger partial charge in [0.2, 0.25) is 0 Å². The summed E-state index contributed by atoms with van der Waals surface area (Å²) in [6.07, 6.45) is 9.66. The van der Waals surface area contributed by atoms with E-state index in [0.29, 0.717) is 24.0 Å². The van der Waals surface area contributed by atoms with Crippen LogP contribution in [0.3, 0.4) is 0 Å². The minimum absolute atomic E-state index is 0.0188. The van der Waals surface area contributed by atoms with Crippen molar-refractivity contribution in [2.75, 3.05) is 7.11 Å². The molecule has 2 heterocycles. The van der Waals surface area contributed by atoms with Gasteiger partial charge in [0, 0.05) is 47.1 Å². The summed E-state index contributed by atoms with van der Waals surface area (Å²) < 4.78 is 11.7. The van der Waals surface area contributed by atoms with Gasteiger partial charge in [0.15, 0.2) is 5.78 Å². The zero-order valence-electron chi connectivity index (χ0n) is 22.5. The van der Waals surface area contributed by atoms with Gasteiger partial charge in [-0.2, -0.15) is 0 Å². The van der Waals surface area contributed by atoms with Crippen LogP contribution >= 0.6 is 0 Å². The summed E-state index contributed by atoms with van der Waals surface area (Å²) in [6, 6.07) is 15.9. The van der Waals surface area contributed by atoms with Gasteiger partial charge in [-0.25, -0.2) is 4.79 Å². The first kappa shape index (κ1) is 25.4. The SMILES string of the molecule is COc1ccccc1C1CC(=O)C2=C(C1)NC(C)=C(C(=O)OC1CCCCC1)[C@H]2c1cncc2ccccc12. The van der Waals surface area contributed by atoms with E-state index in [2.05, 4.69) is 10.3 Å². The number of carbonyl (C=O) groups is 2. The first-order valence-electron chi connectivity index (χ1n) is 14.0. The number of benzene rings is 2. The average Bonchev–Trinajstić information content (AvgIpc) is 2.96. The molecule has 0 bridgehead atoms. The number of allylic oxidation sites excluding steroid dienone is 3. The lowest BCUT2D eigenvalue weighted by Gasteiger charge is -2.37. The summed E-state index contributed by atoms with van der Waals surface area (Å²) in [7, 11) is 1.66. The first-order chi connectivity index (χ1) is 19.0. The molecule has 3 aromatic rings. The third-order valence-corrected chi connectivity index (χ3v) is 8.46. The topological polar surface area (TPSA) is 77.5 Å². The molecule has 6 heteroatoms. The van der Waals surface area contributed by atoms with Crippen LogP contribution in [0.4, 0.5) is 0 Å². The molecule has 0 radical (unpaired) electrons. The number of esters is 1. The molecule has 1 unspecified atom stereocenters. The van der Waals surface area contributed by atoms with Gasteiger partial charge in [-0.1, -0.05) is 48.9 Å². The predicted molar refractivity (Wildman–Crippen MR) is 150 cm³/mol. The molecule has 0 saturated heterocycles. The van der Waals surface area contributed by atoms with E-state index in [1.165, 1.54) is 6.42 Å². The Hall–Kier alpha value is -3.93. The number of pyridine rings is 1. The number of dihydropyridines is 1. The lowest BCUT2D eigenvalue weighted by Crippen LogP contribution is -2.37. The molecule has 200 valence electrons. The first-order valence-corrected chi connectivity index (χ1v) is 14.0. The van der Waals surface area contributed by atoms with Gasteiger partial charge in [-0.05, 0) is 61.6 Å². The Morgan fingerprint density at radius 3 is 2.54 bits per heavy atom. The van der Waals surface area contributed by atoms with E-state index in [9.17, 15) is 9.59 Å². The largest absolute Gasteiger partial charge is 0.496 e. The van der Waals surface area contributed by atoms with Crippen molar-refractivity contribution >= 4 is 22.5 Å². The van der Waals surface area contributed by atoms with Crippen LogP contribution in [0, 0.1) is 0 Å². The highest BCUT2D eigenvalue weighted by Crippen LogP contribution is 2.48. The molecule has 3 aliphatic rings. The van der Waals surface area contributed by atoms with Crippen LogP contribution in [0.1, 0.15) is 74.8 Å². The molecule has 1 fully saturated rings. The Labute approximate surface area is 229 Å².